The Labute approximate surface area is 109 Å². The Morgan fingerprint density at radius 3 is 3.11 bits per heavy atom. The van der Waals surface area contributed by atoms with E-state index in [0.717, 1.165) is 37.9 Å². The summed E-state index contributed by atoms with van der Waals surface area (Å²) in [6, 6.07) is 8.50. The van der Waals surface area contributed by atoms with E-state index in [-0.39, 0.29) is 5.91 Å². The van der Waals surface area contributed by atoms with E-state index in [1.807, 2.05) is 12.1 Å². The first kappa shape index (κ1) is 13.1. The van der Waals surface area contributed by atoms with Crippen LogP contribution in [0.5, 0.6) is 0 Å². The third kappa shape index (κ3) is 4.15. The lowest BCUT2D eigenvalue weighted by atomic mass is 10.1. The minimum absolute atomic E-state index is 0.146. The number of benzene rings is 1. The zero-order chi connectivity index (χ0) is 12.8. The van der Waals surface area contributed by atoms with E-state index in [4.69, 9.17) is 0 Å². The summed E-state index contributed by atoms with van der Waals surface area (Å²) in [7, 11) is 0. The van der Waals surface area contributed by atoms with Gasteiger partial charge in [0.2, 0.25) is 5.91 Å². The lowest BCUT2D eigenvalue weighted by Crippen LogP contribution is -2.36. The third-order valence-electron chi connectivity index (χ3n) is 3.39. The molecule has 98 valence electrons. The fourth-order valence-electron chi connectivity index (χ4n) is 2.45. The molecular weight excluding hydrogens is 224 g/mol. The molecule has 0 aliphatic carbocycles. The van der Waals surface area contributed by atoms with Crippen molar-refractivity contribution in [2.45, 2.75) is 38.6 Å². The number of hydrogen-bond donors (Lipinski definition) is 2. The van der Waals surface area contributed by atoms with E-state index in [0.29, 0.717) is 12.5 Å². The zero-order valence-electron chi connectivity index (χ0n) is 11.0. The molecule has 1 unspecified atom stereocenters. The van der Waals surface area contributed by atoms with Crippen LogP contribution in [0.2, 0.25) is 0 Å². The maximum atomic E-state index is 12.0. The summed E-state index contributed by atoms with van der Waals surface area (Å²) in [5.74, 6) is 0.146. The predicted octanol–water partition coefficient (Wildman–Crippen LogP) is 1.80. The van der Waals surface area contributed by atoms with E-state index < -0.39 is 0 Å². The predicted molar refractivity (Wildman–Crippen MR) is 73.5 cm³/mol. The molecule has 1 aromatic carbocycles. The van der Waals surface area contributed by atoms with Gasteiger partial charge in [-0.15, -0.1) is 0 Å². The van der Waals surface area contributed by atoms with Crippen LogP contribution < -0.4 is 10.6 Å². The fraction of sp³-hybridized carbons (Fsp3) is 0.533. The number of nitrogens with one attached hydrogen (secondary N) is 2. The van der Waals surface area contributed by atoms with Gasteiger partial charge in [0.05, 0.1) is 6.42 Å². The number of carbonyl (C=O) groups is 1. The second-order valence-corrected chi connectivity index (χ2v) is 5.11. The van der Waals surface area contributed by atoms with E-state index in [1.54, 1.807) is 0 Å². The molecular formula is C15H22N2O. The first-order valence-electron chi connectivity index (χ1n) is 6.79. The number of amides is 1. The normalized spacial score (nSPS) is 20.2. The summed E-state index contributed by atoms with van der Waals surface area (Å²) in [6.07, 6.45) is 3.77. The largest absolute Gasteiger partial charge is 0.353 e. The van der Waals surface area contributed by atoms with E-state index in [9.17, 15) is 4.79 Å². The van der Waals surface area contributed by atoms with Crippen molar-refractivity contribution in [3.05, 3.63) is 35.4 Å². The van der Waals surface area contributed by atoms with Gasteiger partial charge in [-0.2, -0.15) is 0 Å². The van der Waals surface area contributed by atoms with Gasteiger partial charge in [-0.1, -0.05) is 29.8 Å². The molecule has 0 radical (unpaired) electrons. The van der Waals surface area contributed by atoms with Crippen molar-refractivity contribution in [2.24, 2.45) is 0 Å². The first-order valence-corrected chi connectivity index (χ1v) is 6.79. The second kappa shape index (κ2) is 6.55. The van der Waals surface area contributed by atoms with Crippen LogP contribution in [0.1, 0.15) is 30.4 Å². The average molecular weight is 246 g/mol. The van der Waals surface area contributed by atoms with Crippen molar-refractivity contribution in [1.29, 1.82) is 0 Å². The van der Waals surface area contributed by atoms with E-state index in [1.165, 1.54) is 5.56 Å². The molecule has 1 atom stereocenters. The van der Waals surface area contributed by atoms with Gasteiger partial charge in [-0.3, -0.25) is 4.79 Å². The summed E-state index contributed by atoms with van der Waals surface area (Å²) < 4.78 is 0. The molecule has 1 fully saturated rings. The molecule has 3 heteroatoms. The summed E-state index contributed by atoms with van der Waals surface area (Å²) in [5, 5.41) is 6.50. The van der Waals surface area contributed by atoms with Crippen LogP contribution >= 0.6 is 0 Å². The van der Waals surface area contributed by atoms with Gasteiger partial charge < -0.3 is 10.6 Å². The Morgan fingerprint density at radius 2 is 2.28 bits per heavy atom. The molecule has 2 rings (SSSR count). The Bertz CT molecular complexity index is 395. The fourth-order valence-corrected chi connectivity index (χ4v) is 2.45. The standard InChI is InChI=1S/C15H22N2O/c1-12-4-2-5-13(10-12)11-15(18)17-14-6-3-8-16-9-7-14/h2,4-5,10,14,16H,3,6-9,11H2,1H3,(H,17,18). The van der Waals surface area contributed by atoms with Crippen molar-refractivity contribution < 1.29 is 4.79 Å². The van der Waals surface area contributed by atoms with Crippen molar-refractivity contribution in [1.82, 2.24) is 10.6 Å². The molecule has 0 bridgehead atoms. The first-order chi connectivity index (χ1) is 8.74. The number of rotatable bonds is 3. The molecule has 1 heterocycles. The van der Waals surface area contributed by atoms with Crippen molar-refractivity contribution >= 4 is 5.91 Å². The third-order valence-corrected chi connectivity index (χ3v) is 3.39. The van der Waals surface area contributed by atoms with Crippen LogP contribution in [-0.4, -0.2) is 25.0 Å². The van der Waals surface area contributed by atoms with Gasteiger partial charge in [0.15, 0.2) is 0 Å². The second-order valence-electron chi connectivity index (χ2n) is 5.11. The van der Waals surface area contributed by atoms with E-state index in [2.05, 4.69) is 29.7 Å². The smallest absolute Gasteiger partial charge is 0.224 e. The highest BCUT2D eigenvalue weighted by Gasteiger charge is 2.14. The quantitative estimate of drug-likeness (QED) is 0.854. The number of aryl methyl sites for hydroxylation is 1. The Morgan fingerprint density at radius 1 is 1.39 bits per heavy atom. The monoisotopic (exact) mass is 246 g/mol. The van der Waals surface area contributed by atoms with Gasteiger partial charge in [0, 0.05) is 6.04 Å². The Kier molecular flexibility index (Phi) is 4.76. The van der Waals surface area contributed by atoms with Crippen LogP contribution in [0.25, 0.3) is 0 Å². The van der Waals surface area contributed by atoms with Gasteiger partial charge in [-0.25, -0.2) is 0 Å². The lowest BCUT2D eigenvalue weighted by molar-refractivity contribution is -0.121. The molecule has 0 aromatic heterocycles. The Balaban J connectivity index is 1.84. The van der Waals surface area contributed by atoms with Gasteiger partial charge in [0.25, 0.3) is 0 Å². The summed E-state index contributed by atoms with van der Waals surface area (Å²) >= 11 is 0. The van der Waals surface area contributed by atoms with Crippen LogP contribution in [-0.2, 0) is 11.2 Å². The maximum Gasteiger partial charge on any atom is 0.224 e. The zero-order valence-corrected chi connectivity index (χ0v) is 11.0. The topological polar surface area (TPSA) is 41.1 Å². The van der Waals surface area contributed by atoms with Crippen molar-refractivity contribution in [3.63, 3.8) is 0 Å². The highest BCUT2D eigenvalue weighted by atomic mass is 16.1. The molecule has 0 saturated carbocycles. The van der Waals surface area contributed by atoms with Crippen LogP contribution in [0, 0.1) is 6.92 Å². The molecule has 1 saturated heterocycles. The highest BCUT2D eigenvalue weighted by molar-refractivity contribution is 5.78. The molecule has 0 spiro atoms. The van der Waals surface area contributed by atoms with Crippen LogP contribution in [0.4, 0.5) is 0 Å². The molecule has 2 N–H and O–H groups in total. The molecule has 18 heavy (non-hydrogen) atoms. The van der Waals surface area contributed by atoms with Crippen LogP contribution in [0.3, 0.4) is 0 Å². The minimum Gasteiger partial charge on any atom is -0.353 e. The minimum atomic E-state index is 0.146. The van der Waals surface area contributed by atoms with E-state index >= 15 is 0 Å². The molecule has 1 aliphatic rings. The lowest BCUT2D eigenvalue weighted by Gasteiger charge is -2.16. The summed E-state index contributed by atoms with van der Waals surface area (Å²) in [4.78, 5) is 12.0. The van der Waals surface area contributed by atoms with Crippen LogP contribution in [0.15, 0.2) is 24.3 Å². The van der Waals surface area contributed by atoms with Gasteiger partial charge in [-0.05, 0) is 44.8 Å². The summed E-state index contributed by atoms with van der Waals surface area (Å²) in [6.45, 7) is 4.14. The SMILES string of the molecule is Cc1cccc(CC(=O)NC2CCCNCC2)c1. The molecule has 1 aliphatic heterocycles. The van der Waals surface area contributed by atoms with Crippen molar-refractivity contribution in [3.8, 4) is 0 Å². The molecule has 3 nitrogen and oxygen atoms in total. The molecule has 1 amide bonds. The van der Waals surface area contributed by atoms with Gasteiger partial charge >= 0.3 is 0 Å². The molecule has 1 aromatic rings. The average Bonchev–Trinajstić information content (AvgIpc) is 2.57. The van der Waals surface area contributed by atoms with Gasteiger partial charge in [0.1, 0.15) is 0 Å². The highest BCUT2D eigenvalue weighted by Crippen LogP contribution is 2.07. The number of hydrogen-bond acceptors (Lipinski definition) is 2. The Hall–Kier alpha value is -1.35. The van der Waals surface area contributed by atoms with Crippen molar-refractivity contribution in [2.75, 3.05) is 13.1 Å². The maximum absolute atomic E-state index is 12.0. The summed E-state index contributed by atoms with van der Waals surface area (Å²) in [5.41, 5.74) is 2.30. The number of carbonyl (C=O) groups excluding carboxylic acids is 1.